The van der Waals surface area contributed by atoms with E-state index in [1.165, 1.54) is 13.2 Å². The summed E-state index contributed by atoms with van der Waals surface area (Å²) in [4.78, 5) is 0. The molecular formula is C14H23FN2O. The first-order valence-electron chi connectivity index (χ1n) is 6.44. The number of methoxy groups -OCH3 is 1. The van der Waals surface area contributed by atoms with Gasteiger partial charge in [-0.25, -0.2) is 4.39 Å². The molecule has 0 heterocycles. The smallest absolute Gasteiger partial charge is 0.165 e. The molecule has 0 aliphatic rings. The van der Waals surface area contributed by atoms with E-state index in [9.17, 15) is 4.39 Å². The molecule has 4 heteroatoms. The van der Waals surface area contributed by atoms with Gasteiger partial charge in [-0.3, -0.25) is 0 Å². The highest BCUT2D eigenvalue weighted by Gasteiger charge is 2.04. The van der Waals surface area contributed by atoms with Gasteiger partial charge in [0.1, 0.15) is 0 Å². The van der Waals surface area contributed by atoms with Gasteiger partial charge in [-0.05, 0) is 49.7 Å². The van der Waals surface area contributed by atoms with Crippen molar-refractivity contribution in [3.05, 3.63) is 29.6 Å². The van der Waals surface area contributed by atoms with Crippen LogP contribution in [-0.2, 0) is 6.42 Å². The standard InChI is InChI=1S/C14H23FN2O/c1-3-11(9-16)10-17-7-6-12-4-5-14(18-2)13(15)8-12/h4-5,8,11,17H,3,6-7,9-10,16H2,1-2H3. The van der Waals surface area contributed by atoms with E-state index in [2.05, 4.69) is 12.2 Å². The van der Waals surface area contributed by atoms with Crippen molar-refractivity contribution in [2.45, 2.75) is 19.8 Å². The molecule has 0 radical (unpaired) electrons. The Labute approximate surface area is 109 Å². The summed E-state index contributed by atoms with van der Waals surface area (Å²) in [6, 6.07) is 5.09. The van der Waals surface area contributed by atoms with Crippen molar-refractivity contribution in [2.24, 2.45) is 11.7 Å². The monoisotopic (exact) mass is 254 g/mol. The van der Waals surface area contributed by atoms with Crippen LogP contribution in [0.4, 0.5) is 4.39 Å². The van der Waals surface area contributed by atoms with Gasteiger partial charge in [0.2, 0.25) is 0 Å². The maximum absolute atomic E-state index is 13.4. The third kappa shape index (κ3) is 4.63. The van der Waals surface area contributed by atoms with E-state index in [-0.39, 0.29) is 5.82 Å². The number of nitrogens with two attached hydrogens (primary N) is 1. The Kier molecular flexibility index (Phi) is 6.68. The maximum Gasteiger partial charge on any atom is 0.165 e. The van der Waals surface area contributed by atoms with Crippen molar-refractivity contribution in [1.82, 2.24) is 5.32 Å². The third-order valence-corrected chi connectivity index (χ3v) is 3.15. The lowest BCUT2D eigenvalue weighted by Crippen LogP contribution is -2.29. The van der Waals surface area contributed by atoms with Crippen LogP contribution in [0.3, 0.4) is 0 Å². The molecule has 0 fully saturated rings. The van der Waals surface area contributed by atoms with Crippen LogP contribution in [-0.4, -0.2) is 26.7 Å². The zero-order chi connectivity index (χ0) is 13.4. The van der Waals surface area contributed by atoms with Gasteiger partial charge in [0.15, 0.2) is 11.6 Å². The van der Waals surface area contributed by atoms with Gasteiger partial charge < -0.3 is 15.8 Å². The van der Waals surface area contributed by atoms with Crippen molar-refractivity contribution >= 4 is 0 Å². The largest absolute Gasteiger partial charge is 0.494 e. The van der Waals surface area contributed by atoms with E-state index in [4.69, 9.17) is 10.5 Å². The summed E-state index contributed by atoms with van der Waals surface area (Å²) >= 11 is 0. The van der Waals surface area contributed by atoms with Crippen LogP contribution in [0.15, 0.2) is 18.2 Å². The summed E-state index contributed by atoms with van der Waals surface area (Å²) in [5, 5.41) is 3.35. The molecule has 0 amide bonds. The predicted molar refractivity (Wildman–Crippen MR) is 72.4 cm³/mol. The molecule has 1 aromatic carbocycles. The quantitative estimate of drug-likeness (QED) is 0.697. The van der Waals surface area contributed by atoms with E-state index >= 15 is 0 Å². The van der Waals surface area contributed by atoms with E-state index in [1.54, 1.807) is 6.07 Å². The lowest BCUT2D eigenvalue weighted by atomic mass is 10.1. The molecule has 3 nitrogen and oxygen atoms in total. The number of halogens is 1. The average Bonchev–Trinajstić information content (AvgIpc) is 2.39. The van der Waals surface area contributed by atoms with Crippen LogP contribution in [0.5, 0.6) is 5.75 Å². The predicted octanol–water partition coefficient (Wildman–Crippen LogP) is 1.95. The van der Waals surface area contributed by atoms with Gasteiger partial charge >= 0.3 is 0 Å². The molecule has 0 aromatic heterocycles. The Bertz CT molecular complexity index is 354. The summed E-state index contributed by atoms with van der Waals surface area (Å²) in [6.45, 7) is 4.60. The van der Waals surface area contributed by atoms with Crippen LogP contribution >= 0.6 is 0 Å². The molecule has 0 saturated carbocycles. The molecule has 18 heavy (non-hydrogen) atoms. The molecule has 102 valence electrons. The van der Waals surface area contributed by atoms with Crippen LogP contribution in [0.1, 0.15) is 18.9 Å². The van der Waals surface area contributed by atoms with Crippen LogP contribution in [0.2, 0.25) is 0 Å². The Morgan fingerprint density at radius 2 is 2.22 bits per heavy atom. The van der Waals surface area contributed by atoms with Crippen molar-refractivity contribution in [3.8, 4) is 5.75 Å². The molecule has 3 N–H and O–H groups in total. The molecule has 1 aromatic rings. The molecule has 1 unspecified atom stereocenters. The van der Waals surface area contributed by atoms with Crippen molar-refractivity contribution in [1.29, 1.82) is 0 Å². The summed E-state index contributed by atoms with van der Waals surface area (Å²) in [5.41, 5.74) is 6.60. The van der Waals surface area contributed by atoms with Crippen molar-refractivity contribution < 1.29 is 9.13 Å². The van der Waals surface area contributed by atoms with Gasteiger partial charge in [0.05, 0.1) is 7.11 Å². The van der Waals surface area contributed by atoms with Gasteiger partial charge in [-0.15, -0.1) is 0 Å². The van der Waals surface area contributed by atoms with E-state index in [0.29, 0.717) is 18.2 Å². The van der Waals surface area contributed by atoms with Gasteiger partial charge in [0.25, 0.3) is 0 Å². The first-order chi connectivity index (χ1) is 8.71. The normalized spacial score (nSPS) is 12.4. The first-order valence-corrected chi connectivity index (χ1v) is 6.44. The van der Waals surface area contributed by atoms with E-state index in [0.717, 1.165) is 31.5 Å². The Balaban J connectivity index is 2.33. The number of rotatable bonds is 8. The number of nitrogens with one attached hydrogen (secondary N) is 1. The molecule has 0 saturated heterocycles. The average molecular weight is 254 g/mol. The number of hydrogen-bond donors (Lipinski definition) is 2. The molecule has 0 bridgehead atoms. The molecule has 0 aliphatic heterocycles. The van der Waals surface area contributed by atoms with Crippen LogP contribution in [0, 0.1) is 11.7 Å². The van der Waals surface area contributed by atoms with Crippen molar-refractivity contribution in [2.75, 3.05) is 26.7 Å². The van der Waals surface area contributed by atoms with E-state index in [1.807, 2.05) is 6.07 Å². The summed E-state index contributed by atoms with van der Waals surface area (Å²) in [5.74, 6) is 0.516. The lowest BCUT2D eigenvalue weighted by Gasteiger charge is -2.13. The second kappa shape index (κ2) is 8.06. The molecule has 0 aliphatic carbocycles. The number of benzene rings is 1. The second-order valence-corrected chi connectivity index (χ2v) is 4.43. The minimum Gasteiger partial charge on any atom is -0.494 e. The summed E-state index contributed by atoms with van der Waals surface area (Å²) in [7, 11) is 1.47. The molecular weight excluding hydrogens is 231 g/mol. The fraction of sp³-hybridized carbons (Fsp3) is 0.571. The minimum absolute atomic E-state index is 0.292. The highest BCUT2D eigenvalue weighted by atomic mass is 19.1. The third-order valence-electron chi connectivity index (χ3n) is 3.15. The van der Waals surface area contributed by atoms with Gasteiger partial charge in [-0.1, -0.05) is 19.4 Å². The maximum atomic E-state index is 13.4. The minimum atomic E-state index is -0.302. The SMILES string of the molecule is CCC(CN)CNCCc1ccc(OC)c(F)c1. The topological polar surface area (TPSA) is 47.3 Å². The Morgan fingerprint density at radius 3 is 2.78 bits per heavy atom. The number of ether oxygens (including phenoxy) is 1. The first kappa shape index (κ1) is 14.9. The van der Waals surface area contributed by atoms with Crippen LogP contribution in [0.25, 0.3) is 0 Å². The fourth-order valence-electron chi connectivity index (χ4n) is 1.80. The van der Waals surface area contributed by atoms with E-state index < -0.39 is 0 Å². The highest BCUT2D eigenvalue weighted by molar-refractivity contribution is 5.29. The summed E-state index contributed by atoms with van der Waals surface area (Å²) < 4.78 is 18.3. The van der Waals surface area contributed by atoms with Crippen LogP contribution < -0.4 is 15.8 Å². The second-order valence-electron chi connectivity index (χ2n) is 4.43. The molecule has 1 atom stereocenters. The highest BCUT2D eigenvalue weighted by Crippen LogP contribution is 2.17. The van der Waals surface area contributed by atoms with Crippen molar-refractivity contribution in [3.63, 3.8) is 0 Å². The van der Waals surface area contributed by atoms with Gasteiger partial charge in [-0.2, -0.15) is 0 Å². The lowest BCUT2D eigenvalue weighted by molar-refractivity contribution is 0.386. The number of hydrogen-bond acceptors (Lipinski definition) is 3. The zero-order valence-electron chi connectivity index (χ0n) is 11.2. The summed E-state index contributed by atoms with van der Waals surface area (Å²) in [6.07, 6.45) is 1.89. The Hall–Kier alpha value is -1.13. The fourth-order valence-corrected chi connectivity index (χ4v) is 1.80. The zero-order valence-corrected chi connectivity index (χ0v) is 11.2. The Morgan fingerprint density at radius 1 is 1.44 bits per heavy atom. The van der Waals surface area contributed by atoms with Gasteiger partial charge in [0, 0.05) is 0 Å². The molecule has 0 spiro atoms. The molecule has 1 rings (SSSR count).